The van der Waals surface area contributed by atoms with Gasteiger partial charge in [-0.3, -0.25) is 0 Å². The molecule has 0 radical (unpaired) electrons. The molecule has 0 spiro atoms. The smallest absolute Gasteiger partial charge is 0.150 e. The molecule has 4 heteroatoms. The number of fused-ring (bicyclic) bond motifs is 1. The van der Waals surface area contributed by atoms with Crippen LogP contribution in [0.5, 0.6) is 5.75 Å². The summed E-state index contributed by atoms with van der Waals surface area (Å²) in [4.78, 5) is 1.06. The summed E-state index contributed by atoms with van der Waals surface area (Å²) in [6.07, 6.45) is 0. The quantitative estimate of drug-likeness (QED) is 0.297. The molecular weight excluding hydrogens is 352 g/mol. The Kier molecular flexibility index (Phi) is 5.17. The molecule has 0 aliphatic rings. The molecule has 27 heavy (non-hydrogen) atoms. The molecule has 0 atom stereocenters. The Bertz CT molecular complexity index is 1090. The van der Waals surface area contributed by atoms with Crippen LogP contribution in [0.2, 0.25) is 0 Å². The van der Waals surface area contributed by atoms with Crippen molar-refractivity contribution < 1.29 is 5.11 Å². The highest BCUT2D eigenvalue weighted by Crippen LogP contribution is 2.37. The monoisotopic (exact) mass is 370 g/mol. The van der Waals surface area contributed by atoms with Crippen LogP contribution >= 0.6 is 11.8 Å². The van der Waals surface area contributed by atoms with Gasteiger partial charge in [0.2, 0.25) is 0 Å². The summed E-state index contributed by atoms with van der Waals surface area (Å²) < 4.78 is 0. The van der Waals surface area contributed by atoms with E-state index in [4.69, 9.17) is 0 Å². The topological polar surface area (TPSA) is 45.0 Å². The zero-order valence-corrected chi connectivity index (χ0v) is 15.4. The first kappa shape index (κ1) is 17.3. The van der Waals surface area contributed by atoms with Gasteiger partial charge < -0.3 is 5.11 Å². The van der Waals surface area contributed by atoms with Crippen LogP contribution in [0.4, 0.5) is 11.4 Å². The Morgan fingerprint density at radius 2 is 1.37 bits per heavy atom. The molecule has 0 unspecified atom stereocenters. The van der Waals surface area contributed by atoms with Crippen LogP contribution in [-0.2, 0) is 5.75 Å². The highest BCUT2D eigenvalue weighted by atomic mass is 32.2. The minimum atomic E-state index is 0.159. The molecule has 4 aromatic rings. The average Bonchev–Trinajstić information content (AvgIpc) is 2.73. The highest BCUT2D eigenvalue weighted by Gasteiger charge is 2.06. The lowest BCUT2D eigenvalue weighted by Gasteiger charge is -2.06. The van der Waals surface area contributed by atoms with E-state index in [2.05, 4.69) is 22.4 Å². The second-order valence-corrected chi connectivity index (χ2v) is 7.11. The molecular formula is C23H18N2OS. The van der Waals surface area contributed by atoms with E-state index in [1.54, 1.807) is 17.8 Å². The van der Waals surface area contributed by atoms with Crippen molar-refractivity contribution in [1.82, 2.24) is 0 Å². The number of benzene rings is 4. The third kappa shape index (κ3) is 4.01. The summed E-state index contributed by atoms with van der Waals surface area (Å²) in [5.41, 5.74) is 2.53. The Morgan fingerprint density at radius 1 is 0.667 bits per heavy atom. The minimum absolute atomic E-state index is 0.159. The van der Waals surface area contributed by atoms with E-state index in [-0.39, 0.29) is 5.75 Å². The van der Waals surface area contributed by atoms with Crippen LogP contribution in [0.25, 0.3) is 10.8 Å². The number of phenolic OH excluding ortho intramolecular Hbond substituents is 1. The second-order valence-electron chi connectivity index (χ2n) is 6.10. The van der Waals surface area contributed by atoms with Gasteiger partial charge in [0.15, 0.2) is 5.75 Å². The fraction of sp³-hybridized carbons (Fsp3) is 0.0435. The number of aromatic hydroxyl groups is 1. The number of hydrogen-bond donors (Lipinski definition) is 1. The molecule has 0 aliphatic carbocycles. The molecule has 4 aromatic carbocycles. The molecule has 0 heterocycles. The van der Waals surface area contributed by atoms with Gasteiger partial charge >= 0.3 is 0 Å². The number of hydrogen-bond acceptors (Lipinski definition) is 4. The van der Waals surface area contributed by atoms with Crippen LogP contribution in [0.1, 0.15) is 5.56 Å². The lowest BCUT2D eigenvalue weighted by atomic mass is 10.1. The largest absolute Gasteiger partial charge is 0.505 e. The summed E-state index contributed by atoms with van der Waals surface area (Å²) in [7, 11) is 0. The highest BCUT2D eigenvalue weighted by molar-refractivity contribution is 7.98. The van der Waals surface area contributed by atoms with E-state index in [0.717, 1.165) is 27.1 Å². The van der Waals surface area contributed by atoms with Gasteiger partial charge in [-0.25, -0.2) is 0 Å². The van der Waals surface area contributed by atoms with E-state index in [1.807, 2.05) is 72.8 Å². The summed E-state index contributed by atoms with van der Waals surface area (Å²) in [6.45, 7) is 0. The van der Waals surface area contributed by atoms with Crippen LogP contribution in [0.15, 0.2) is 106 Å². The zero-order valence-electron chi connectivity index (χ0n) is 14.6. The fourth-order valence-corrected chi connectivity index (χ4v) is 3.78. The molecule has 132 valence electrons. The van der Waals surface area contributed by atoms with Gasteiger partial charge in [-0.15, -0.1) is 22.0 Å². The van der Waals surface area contributed by atoms with Gasteiger partial charge in [-0.1, -0.05) is 72.8 Å². The van der Waals surface area contributed by atoms with E-state index in [9.17, 15) is 5.11 Å². The standard InChI is InChI=1S/C23H18N2OS/c26-23-19-11-5-4-10-18(19)14-15-21(23)25-24-20-12-6-7-13-22(20)27-16-17-8-2-1-3-9-17/h1-15,26H,16H2. The van der Waals surface area contributed by atoms with E-state index in [0.29, 0.717) is 5.69 Å². The first-order valence-electron chi connectivity index (χ1n) is 8.69. The number of phenols is 1. The Hall–Kier alpha value is -3.11. The van der Waals surface area contributed by atoms with Crippen molar-refractivity contribution >= 4 is 33.9 Å². The molecule has 3 nitrogen and oxygen atoms in total. The molecule has 0 fully saturated rings. The SMILES string of the molecule is Oc1c(N=Nc2ccccc2SCc2ccccc2)ccc2ccccc12. The summed E-state index contributed by atoms with van der Waals surface area (Å²) in [6, 6.07) is 29.7. The minimum Gasteiger partial charge on any atom is -0.505 e. The number of azo groups is 1. The van der Waals surface area contributed by atoms with E-state index in [1.165, 1.54) is 5.56 Å². The maximum absolute atomic E-state index is 10.5. The van der Waals surface area contributed by atoms with Crippen molar-refractivity contribution in [3.05, 3.63) is 96.6 Å². The third-order valence-electron chi connectivity index (χ3n) is 4.25. The van der Waals surface area contributed by atoms with Gasteiger partial charge in [-0.2, -0.15) is 0 Å². The van der Waals surface area contributed by atoms with Crippen LogP contribution in [0.3, 0.4) is 0 Å². The van der Waals surface area contributed by atoms with Crippen molar-refractivity contribution in [2.24, 2.45) is 10.2 Å². The third-order valence-corrected chi connectivity index (χ3v) is 5.38. The molecule has 0 bridgehead atoms. The van der Waals surface area contributed by atoms with Crippen LogP contribution in [0, 0.1) is 0 Å². The number of rotatable bonds is 5. The molecule has 0 amide bonds. The molecule has 0 saturated carbocycles. The zero-order chi connectivity index (χ0) is 18.5. The molecule has 0 saturated heterocycles. The van der Waals surface area contributed by atoms with E-state index < -0.39 is 0 Å². The number of nitrogens with zero attached hydrogens (tertiary/aromatic N) is 2. The fourth-order valence-electron chi connectivity index (χ4n) is 2.83. The van der Waals surface area contributed by atoms with Gasteiger partial charge in [0.25, 0.3) is 0 Å². The summed E-state index contributed by atoms with van der Waals surface area (Å²) in [5, 5.41) is 21.0. The summed E-state index contributed by atoms with van der Waals surface area (Å²) >= 11 is 1.73. The predicted molar refractivity (Wildman–Crippen MR) is 112 cm³/mol. The van der Waals surface area contributed by atoms with Crippen molar-refractivity contribution in [1.29, 1.82) is 0 Å². The average molecular weight is 370 g/mol. The van der Waals surface area contributed by atoms with Gasteiger partial charge in [-0.05, 0) is 29.1 Å². The molecule has 0 aromatic heterocycles. The molecule has 1 N–H and O–H groups in total. The summed E-state index contributed by atoms with van der Waals surface area (Å²) in [5.74, 6) is 1.03. The lowest BCUT2D eigenvalue weighted by molar-refractivity contribution is 0.482. The van der Waals surface area contributed by atoms with Crippen molar-refractivity contribution in [3.63, 3.8) is 0 Å². The maximum atomic E-state index is 10.5. The Morgan fingerprint density at radius 3 is 2.26 bits per heavy atom. The first-order chi connectivity index (χ1) is 13.3. The van der Waals surface area contributed by atoms with Gasteiger partial charge in [0.1, 0.15) is 5.69 Å². The molecule has 4 rings (SSSR count). The maximum Gasteiger partial charge on any atom is 0.150 e. The Labute approximate surface area is 162 Å². The first-order valence-corrected chi connectivity index (χ1v) is 9.68. The normalized spacial score (nSPS) is 11.3. The van der Waals surface area contributed by atoms with Gasteiger partial charge in [0, 0.05) is 16.0 Å². The van der Waals surface area contributed by atoms with Crippen molar-refractivity contribution in [2.75, 3.05) is 0 Å². The van der Waals surface area contributed by atoms with E-state index >= 15 is 0 Å². The number of thioether (sulfide) groups is 1. The second kappa shape index (κ2) is 8.06. The molecule has 0 aliphatic heterocycles. The lowest BCUT2D eigenvalue weighted by Crippen LogP contribution is -1.80. The van der Waals surface area contributed by atoms with Crippen molar-refractivity contribution in [2.45, 2.75) is 10.6 Å². The van der Waals surface area contributed by atoms with Crippen molar-refractivity contribution in [3.8, 4) is 5.75 Å². The van der Waals surface area contributed by atoms with Gasteiger partial charge in [0.05, 0.1) is 5.69 Å². The van der Waals surface area contributed by atoms with Crippen LogP contribution < -0.4 is 0 Å². The Balaban J connectivity index is 1.58. The predicted octanol–water partition coefficient (Wildman–Crippen LogP) is 7.25. The van der Waals surface area contributed by atoms with Crippen LogP contribution in [-0.4, -0.2) is 5.11 Å².